The van der Waals surface area contributed by atoms with E-state index in [4.69, 9.17) is 0 Å². The molecule has 0 aromatic heterocycles. The first-order valence-electron chi connectivity index (χ1n) is 6.33. The summed E-state index contributed by atoms with van der Waals surface area (Å²) in [5.41, 5.74) is 1.53. The number of nitrogens with one attached hydrogen (secondary N) is 2. The van der Waals surface area contributed by atoms with E-state index < -0.39 is 12.0 Å². The van der Waals surface area contributed by atoms with Crippen LogP contribution in [0.5, 0.6) is 0 Å². The fraction of sp³-hybridized carbons (Fsp3) is 0.357. The van der Waals surface area contributed by atoms with Crippen LogP contribution in [0.1, 0.15) is 15.9 Å². The van der Waals surface area contributed by atoms with Crippen molar-refractivity contribution in [2.24, 2.45) is 0 Å². The smallest absolute Gasteiger partial charge is 0.413 e. The first kappa shape index (κ1) is 16.6. The van der Waals surface area contributed by atoms with E-state index in [2.05, 4.69) is 15.4 Å². The molecule has 1 rings (SSSR count). The molecule has 0 aliphatic carbocycles. The Kier molecular flexibility index (Phi) is 6.35. The van der Waals surface area contributed by atoms with E-state index in [9.17, 15) is 14.4 Å². The number of alkyl carbamates (subject to hydrolysis) is 1. The molecule has 3 amide bonds. The zero-order chi connectivity index (χ0) is 15.8. The molecule has 0 bridgehead atoms. The third-order valence-corrected chi connectivity index (χ3v) is 2.74. The lowest BCUT2D eigenvalue weighted by molar-refractivity contribution is -0.121. The van der Waals surface area contributed by atoms with Crippen LogP contribution < -0.4 is 10.6 Å². The van der Waals surface area contributed by atoms with Gasteiger partial charge in [-0.2, -0.15) is 0 Å². The maximum Gasteiger partial charge on any atom is 0.413 e. The standard InChI is InChI=1S/C14H19N3O4/c1-15-13(19)11-6-4-10(5-7-11)8-17(2)9-12(18)16-14(20)21-3/h4-7H,8-9H2,1-3H3,(H,15,19)(H,16,18,20). The van der Waals surface area contributed by atoms with Crippen molar-refractivity contribution in [3.8, 4) is 0 Å². The van der Waals surface area contributed by atoms with Crippen LogP contribution in [0.2, 0.25) is 0 Å². The summed E-state index contributed by atoms with van der Waals surface area (Å²) in [5, 5.41) is 4.63. The van der Waals surface area contributed by atoms with Gasteiger partial charge in [0.05, 0.1) is 13.7 Å². The largest absolute Gasteiger partial charge is 0.453 e. The number of hydrogen-bond acceptors (Lipinski definition) is 5. The van der Waals surface area contributed by atoms with Gasteiger partial charge in [-0.1, -0.05) is 12.1 Å². The summed E-state index contributed by atoms with van der Waals surface area (Å²) in [5.74, 6) is -0.585. The Hall–Kier alpha value is -2.41. The first-order chi connectivity index (χ1) is 9.96. The summed E-state index contributed by atoms with van der Waals surface area (Å²) in [6.07, 6.45) is -0.775. The molecule has 0 radical (unpaired) electrons. The number of nitrogens with zero attached hydrogens (tertiary/aromatic N) is 1. The Morgan fingerprint density at radius 2 is 1.81 bits per heavy atom. The average Bonchev–Trinajstić information content (AvgIpc) is 2.46. The number of amides is 3. The lowest BCUT2D eigenvalue weighted by Gasteiger charge is -2.16. The number of carbonyl (C=O) groups excluding carboxylic acids is 3. The molecule has 1 aromatic rings. The van der Waals surface area contributed by atoms with Crippen LogP contribution in [0.15, 0.2) is 24.3 Å². The van der Waals surface area contributed by atoms with Gasteiger partial charge in [-0.15, -0.1) is 0 Å². The van der Waals surface area contributed by atoms with E-state index in [-0.39, 0.29) is 12.5 Å². The van der Waals surface area contributed by atoms with Gasteiger partial charge in [-0.25, -0.2) is 4.79 Å². The SMILES string of the molecule is CNC(=O)c1ccc(CN(C)CC(=O)NC(=O)OC)cc1. The second-order valence-electron chi connectivity index (χ2n) is 4.49. The van der Waals surface area contributed by atoms with Gasteiger partial charge in [0.2, 0.25) is 5.91 Å². The van der Waals surface area contributed by atoms with Crippen LogP contribution in [-0.2, 0) is 16.1 Å². The highest BCUT2D eigenvalue weighted by Gasteiger charge is 2.11. The normalized spacial score (nSPS) is 10.1. The fourth-order valence-electron chi connectivity index (χ4n) is 1.72. The predicted molar refractivity (Wildman–Crippen MR) is 76.7 cm³/mol. The third-order valence-electron chi connectivity index (χ3n) is 2.74. The molecule has 7 nitrogen and oxygen atoms in total. The Morgan fingerprint density at radius 1 is 1.19 bits per heavy atom. The monoisotopic (exact) mass is 293 g/mol. The Morgan fingerprint density at radius 3 is 2.33 bits per heavy atom. The Bertz CT molecular complexity index is 513. The van der Waals surface area contributed by atoms with E-state index in [1.807, 2.05) is 12.1 Å². The number of likely N-dealkylation sites (N-methyl/N-ethyl adjacent to an activating group) is 1. The van der Waals surface area contributed by atoms with E-state index >= 15 is 0 Å². The molecule has 0 unspecified atom stereocenters. The number of ether oxygens (including phenoxy) is 1. The van der Waals surface area contributed by atoms with Crippen molar-refractivity contribution < 1.29 is 19.1 Å². The molecule has 0 aliphatic heterocycles. The fourth-order valence-corrected chi connectivity index (χ4v) is 1.72. The van der Waals surface area contributed by atoms with Crippen molar-refractivity contribution >= 4 is 17.9 Å². The molecule has 2 N–H and O–H groups in total. The van der Waals surface area contributed by atoms with E-state index in [1.165, 1.54) is 7.11 Å². The van der Waals surface area contributed by atoms with Crippen molar-refractivity contribution in [2.45, 2.75) is 6.54 Å². The van der Waals surface area contributed by atoms with E-state index in [0.717, 1.165) is 5.56 Å². The molecule has 0 saturated heterocycles. The van der Waals surface area contributed by atoms with Gasteiger partial charge in [-0.3, -0.25) is 19.8 Å². The summed E-state index contributed by atoms with van der Waals surface area (Å²) >= 11 is 0. The van der Waals surface area contributed by atoms with Gasteiger partial charge >= 0.3 is 6.09 Å². The van der Waals surface area contributed by atoms with E-state index in [0.29, 0.717) is 12.1 Å². The summed E-state index contributed by atoms with van der Waals surface area (Å²) in [4.78, 5) is 35.5. The van der Waals surface area contributed by atoms with Crippen LogP contribution in [0, 0.1) is 0 Å². The van der Waals surface area contributed by atoms with Gasteiger partial charge in [0.1, 0.15) is 0 Å². The van der Waals surface area contributed by atoms with Crippen molar-refractivity contribution in [3.05, 3.63) is 35.4 Å². The molecule has 0 spiro atoms. The number of hydrogen-bond donors (Lipinski definition) is 2. The lowest BCUT2D eigenvalue weighted by atomic mass is 10.1. The van der Waals surface area contributed by atoms with Crippen molar-refractivity contribution in [2.75, 3.05) is 27.7 Å². The molecule has 0 heterocycles. The number of imide groups is 1. The van der Waals surface area contributed by atoms with Crippen molar-refractivity contribution in [1.29, 1.82) is 0 Å². The summed E-state index contributed by atoms with van der Waals surface area (Å²) in [6, 6.07) is 7.08. The third kappa shape index (κ3) is 5.62. The van der Waals surface area contributed by atoms with Crippen LogP contribution >= 0.6 is 0 Å². The van der Waals surface area contributed by atoms with E-state index in [1.54, 1.807) is 31.1 Å². The molecule has 7 heteroatoms. The summed E-state index contributed by atoms with van der Waals surface area (Å²) in [7, 11) is 4.52. The van der Waals surface area contributed by atoms with Crippen LogP contribution in [0.4, 0.5) is 4.79 Å². The minimum atomic E-state index is -0.775. The topological polar surface area (TPSA) is 87.7 Å². The highest BCUT2D eigenvalue weighted by molar-refractivity contribution is 5.94. The van der Waals surface area contributed by atoms with Crippen LogP contribution in [0.25, 0.3) is 0 Å². The quantitative estimate of drug-likeness (QED) is 0.818. The molecule has 114 valence electrons. The molecule has 21 heavy (non-hydrogen) atoms. The van der Waals surface area contributed by atoms with Crippen LogP contribution in [-0.4, -0.2) is 50.6 Å². The van der Waals surface area contributed by atoms with Gasteiger partial charge in [0.15, 0.2) is 0 Å². The Balaban J connectivity index is 2.51. The number of rotatable bonds is 5. The minimum absolute atomic E-state index is 0.0618. The summed E-state index contributed by atoms with van der Waals surface area (Å²) < 4.78 is 4.34. The highest BCUT2D eigenvalue weighted by Crippen LogP contribution is 2.06. The van der Waals surface area contributed by atoms with Crippen molar-refractivity contribution in [1.82, 2.24) is 15.5 Å². The van der Waals surface area contributed by atoms with Crippen molar-refractivity contribution in [3.63, 3.8) is 0 Å². The predicted octanol–water partition coefficient (Wildman–Crippen LogP) is 0.361. The summed E-state index contributed by atoms with van der Waals surface area (Å²) in [6.45, 7) is 0.578. The van der Waals surface area contributed by atoms with Gasteiger partial charge in [0, 0.05) is 19.2 Å². The zero-order valence-corrected chi connectivity index (χ0v) is 12.3. The molecule has 0 saturated carbocycles. The van der Waals surface area contributed by atoms with Crippen LogP contribution in [0.3, 0.4) is 0 Å². The molecule has 0 aliphatic rings. The minimum Gasteiger partial charge on any atom is -0.453 e. The molecule has 1 aromatic carbocycles. The highest BCUT2D eigenvalue weighted by atomic mass is 16.5. The number of methoxy groups -OCH3 is 1. The average molecular weight is 293 g/mol. The molecule has 0 fully saturated rings. The number of benzene rings is 1. The maximum atomic E-state index is 11.5. The van der Waals surface area contributed by atoms with Gasteiger partial charge in [0.25, 0.3) is 5.91 Å². The first-order valence-corrected chi connectivity index (χ1v) is 6.33. The Labute approximate surface area is 123 Å². The zero-order valence-electron chi connectivity index (χ0n) is 12.3. The number of carbonyl (C=O) groups is 3. The van der Waals surface area contributed by atoms with Gasteiger partial charge < -0.3 is 10.1 Å². The molecular formula is C14H19N3O4. The lowest BCUT2D eigenvalue weighted by Crippen LogP contribution is -2.38. The molecular weight excluding hydrogens is 274 g/mol. The second-order valence-corrected chi connectivity index (χ2v) is 4.49. The maximum absolute atomic E-state index is 11.5. The second kappa shape index (κ2) is 8.01. The van der Waals surface area contributed by atoms with Gasteiger partial charge in [-0.05, 0) is 24.7 Å². The molecule has 0 atom stereocenters.